The third-order valence-electron chi connectivity index (χ3n) is 3.73. The fourth-order valence-corrected chi connectivity index (χ4v) is 2.95. The van der Waals surface area contributed by atoms with E-state index >= 15 is 0 Å². The molecule has 2 aromatic rings. The first kappa shape index (κ1) is 17.0. The number of rotatable bonds is 7. The molecule has 128 valence electrons. The van der Waals surface area contributed by atoms with Crippen LogP contribution in [0.5, 0.6) is 5.75 Å². The number of carbonyl (C=O) groups is 1. The highest BCUT2D eigenvalue weighted by Crippen LogP contribution is 2.18. The monoisotopic (exact) mass is 393 g/mol. The highest BCUT2D eigenvalue weighted by Gasteiger charge is 2.16. The van der Waals surface area contributed by atoms with Crippen molar-refractivity contribution in [3.63, 3.8) is 0 Å². The van der Waals surface area contributed by atoms with Gasteiger partial charge in [0, 0.05) is 17.3 Å². The van der Waals surface area contributed by atoms with Crippen molar-refractivity contribution in [2.45, 2.75) is 31.9 Å². The number of aromatic nitrogens is 2. The molecule has 1 unspecified atom stereocenters. The van der Waals surface area contributed by atoms with Crippen molar-refractivity contribution < 1.29 is 14.3 Å². The predicted molar refractivity (Wildman–Crippen MR) is 94.1 cm³/mol. The maximum atomic E-state index is 12.0. The van der Waals surface area contributed by atoms with Crippen molar-refractivity contribution in [3.05, 3.63) is 41.1 Å². The zero-order valence-electron chi connectivity index (χ0n) is 13.3. The molecule has 0 spiro atoms. The van der Waals surface area contributed by atoms with E-state index in [0.29, 0.717) is 12.3 Å². The second-order valence-corrected chi connectivity index (χ2v) is 6.61. The molecule has 1 atom stereocenters. The van der Waals surface area contributed by atoms with Crippen LogP contribution in [-0.2, 0) is 16.1 Å². The fourth-order valence-electron chi connectivity index (χ4n) is 2.57. The van der Waals surface area contributed by atoms with Gasteiger partial charge in [0.1, 0.15) is 5.75 Å². The van der Waals surface area contributed by atoms with Gasteiger partial charge >= 0.3 is 0 Å². The van der Waals surface area contributed by atoms with E-state index in [4.69, 9.17) is 9.47 Å². The Labute approximate surface area is 149 Å². The summed E-state index contributed by atoms with van der Waals surface area (Å²) in [6, 6.07) is 7.54. The van der Waals surface area contributed by atoms with Gasteiger partial charge in [-0.3, -0.25) is 9.48 Å². The molecule has 1 aromatic heterocycles. The lowest BCUT2D eigenvalue weighted by molar-refractivity contribution is -0.116. The van der Waals surface area contributed by atoms with Crippen molar-refractivity contribution in [2.24, 2.45) is 0 Å². The topological polar surface area (TPSA) is 65.4 Å². The van der Waals surface area contributed by atoms with Crippen molar-refractivity contribution in [2.75, 3.05) is 18.5 Å². The Morgan fingerprint density at radius 1 is 1.50 bits per heavy atom. The standard InChI is InChI=1S/C17H20BrN3O3/c18-13-3-1-4-15(9-13)24-8-6-17(22)20-14-10-19-21(11-14)12-16-5-2-7-23-16/h1,3-4,9-11,16H,2,5-8,12H2,(H,20,22). The van der Waals surface area contributed by atoms with Crippen LogP contribution in [0.1, 0.15) is 19.3 Å². The minimum absolute atomic E-state index is 0.0957. The molecule has 24 heavy (non-hydrogen) atoms. The SMILES string of the molecule is O=C(CCOc1cccc(Br)c1)Nc1cnn(CC2CCCO2)c1. The molecule has 1 aromatic carbocycles. The van der Waals surface area contributed by atoms with Gasteiger partial charge < -0.3 is 14.8 Å². The second kappa shape index (κ2) is 8.30. The largest absolute Gasteiger partial charge is 0.493 e. The van der Waals surface area contributed by atoms with Crippen LogP contribution < -0.4 is 10.1 Å². The van der Waals surface area contributed by atoms with E-state index in [1.165, 1.54) is 0 Å². The van der Waals surface area contributed by atoms with Crippen LogP contribution in [0.4, 0.5) is 5.69 Å². The summed E-state index contributed by atoms with van der Waals surface area (Å²) < 4.78 is 13.9. The molecule has 3 rings (SSSR count). The number of hydrogen-bond donors (Lipinski definition) is 1. The molecule has 0 bridgehead atoms. The predicted octanol–water partition coefficient (Wildman–Crippen LogP) is 3.23. The summed E-state index contributed by atoms with van der Waals surface area (Å²) in [5, 5.41) is 7.09. The minimum atomic E-state index is -0.0957. The number of nitrogens with one attached hydrogen (secondary N) is 1. The Kier molecular flexibility index (Phi) is 5.87. The highest BCUT2D eigenvalue weighted by atomic mass is 79.9. The summed E-state index contributed by atoms with van der Waals surface area (Å²) in [6.45, 7) is 1.88. The number of ether oxygens (including phenoxy) is 2. The number of anilines is 1. The summed E-state index contributed by atoms with van der Waals surface area (Å²) in [5.41, 5.74) is 0.695. The normalized spacial score (nSPS) is 17.0. The van der Waals surface area contributed by atoms with Crippen molar-refractivity contribution >= 4 is 27.5 Å². The molecular weight excluding hydrogens is 374 g/mol. The molecule has 0 saturated carbocycles. The summed E-state index contributed by atoms with van der Waals surface area (Å²) in [6.07, 6.45) is 6.16. The van der Waals surface area contributed by atoms with Gasteiger partial charge in [-0.25, -0.2) is 0 Å². The van der Waals surface area contributed by atoms with Crippen molar-refractivity contribution in [1.82, 2.24) is 9.78 Å². The summed E-state index contributed by atoms with van der Waals surface area (Å²) >= 11 is 3.38. The molecule has 1 amide bonds. The number of nitrogens with zero attached hydrogens (tertiary/aromatic N) is 2. The third-order valence-corrected chi connectivity index (χ3v) is 4.22. The number of hydrogen-bond acceptors (Lipinski definition) is 4. The zero-order chi connectivity index (χ0) is 16.8. The van der Waals surface area contributed by atoms with Crippen molar-refractivity contribution in [3.8, 4) is 5.75 Å². The Balaban J connectivity index is 1.40. The van der Waals surface area contributed by atoms with E-state index in [-0.39, 0.29) is 18.4 Å². The molecule has 7 heteroatoms. The molecule has 6 nitrogen and oxygen atoms in total. The zero-order valence-corrected chi connectivity index (χ0v) is 14.9. The third kappa shape index (κ3) is 5.07. The van der Waals surface area contributed by atoms with Crippen LogP contribution in [0.3, 0.4) is 0 Å². The summed E-state index contributed by atoms with van der Waals surface area (Å²) in [4.78, 5) is 12.0. The lowest BCUT2D eigenvalue weighted by Gasteiger charge is -2.08. The lowest BCUT2D eigenvalue weighted by Crippen LogP contribution is -2.16. The van der Waals surface area contributed by atoms with Gasteiger partial charge in [0.15, 0.2) is 0 Å². The highest BCUT2D eigenvalue weighted by molar-refractivity contribution is 9.10. The minimum Gasteiger partial charge on any atom is -0.493 e. The molecule has 1 N–H and O–H groups in total. The van der Waals surface area contributed by atoms with E-state index in [0.717, 1.165) is 36.2 Å². The van der Waals surface area contributed by atoms with Gasteiger partial charge in [-0.15, -0.1) is 0 Å². The van der Waals surface area contributed by atoms with Crippen LogP contribution in [0.2, 0.25) is 0 Å². The molecule has 2 heterocycles. The van der Waals surface area contributed by atoms with Crippen LogP contribution >= 0.6 is 15.9 Å². The van der Waals surface area contributed by atoms with Crippen LogP contribution in [0.25, 0.3) is 0 Å². The fraction of sp³-hybridized carbons (Fsp3) is 0.412. The van der Waals surface area contributed by atoms with Crippen molar-refractivity contribution in [1.29, 1.82) is 0 Å². The van der Waals surface area contributed by atoms with E-state index in [9.17, 15) is 4.79 Å². The number of benzene rings is 1. The van der Waals surface area contributed by atoms with Crippen LogP contribution in [0.15, 0.2) is 41.1 Å². The van der Waals surface area contributed by atoms with Gasteiger partial charge in [0.05, 0.1) is 37.6 Å². The average Bonchev–Trinajstić information content (AvgIpc) is 3.20. The van der Waals surface area contributed by atoms with Gasteiger partial charge in [-0.1, -0.05) is 22.0 Å². The molecule has 1 saturated heterocycles. The number of carbonyl (C=O) groups excluding carboxylic acids is 1. The summed E-state index contributed by atoms with van der Waals surface area (Å²) in [7, 11) is 0. The van der Waals surface area contributed by atoms with E-state index < -0.39 is 0 Å². The Hall–Kier alpha value is -1.86. The first-order valence-corrected chi connectivity index (χ1v) is 8.80. The second-order valence-electron chi connectivity index (χ2n) is 5.69. The Bertz CT molecular complexity index is 683. The number of halogens is 1. The van der Waals surface area contributed by atoms with Crippen LogP contribution in [0, 0.1) is 0 Å². The molecule has 1 aliphatic rings. The molecule has 1 fully saturated rings. The Morgan fingerprint density at radius 3 is 3.21 bits per heavy atom. The Morgan fingerprint density at radius 2 is 2.42 bits per heavy atom. The quantitative estimate of drug-likeness (QED) is 0.783. The maximum Gasteiger partial charge on any atom is 0.227 e. The van der Waals surface area contributed by atoms with Gasteiger partial charge in [-0.2, -0.15) is 5.10 Å². The molecule has 1 aliphatic heterocycles. The van der Waals surface area contributed by atoms with E-state index in [2.05, 4.69) is 26.3 Å². The first-order chi connectivity index (χ1) is 11.7. The van der Waals surface area contributed by atoms with Gasteiger partial charge in [0.25, 0.3) is 0 Å². The maximum absolute atomic E-state index is 12.0. The lowest BCUT2D eigenvalue weighted by atomic mass is 10.2. The first-order valence-electron chi connectivity index (χ1n) is 8.01. The molecule has 0 radical (unpaired) electrons. The molecular formula is C17H20BrN3O3. The number of amides is 1. The van der Waals surface area contributed by atoms with E-state index in [1.54, 1.807) is 6.20 Å². The summed E-state index contributed by atoms with van der Waals surface area (Å²) in [5.74, 6) is 0.642. The smallest absolute Gasteiger partial charge is 0.227 e. The average molecular weight is 394 g/mol. The molecule has 0 aliphatic carbocycles. The van der Waals surface area contributed by atoms with E-state index in [1.807, 2.05) is 35.1 Å². The van der Waals surface area contributed by atoms with Crippen LogP contribution in [-0.4, -0.2) is 35.0 Å². The van der Waals surface area contributed by atoms with Gasteiger partial charge in [-0.05, 0) is 31.0 Å². The van der Waals surface area contributed by atoms with Gasteiger partial charge in [0.2, 0.25) is 5.91 Å².